The summed E-state index contributed by atoms with van der Waals surface area (Å²) in [5.41, 5.74) is 8.79. The van der Waals surface area contributed by atoms with Crippen molar-refractivity contribution in [1.82, 2.24) is 9.97 Å². The lowest BCUT2D eigenvalue weighted by Gasteiger charge is -2.18. The smallest absolute Gasteiger partial charge is 0.132 e. The van der Waals surface area contributed by atoms with Crippen LogP contribution in [0.3, 0.4) is 0 Å². The molecule has 0 bridgehead atoms. The van der Waals surface area contributed by atoms with Crippen LogP contribution in [0.4, 0.5) is 11.5 Å². The third-order valence-corrected chi connectivity index (χ3v) is 2.83. The normalized spacial score (nSPS) is 10.3. The van der Waals surface area contributed by atoms with E-state index in [0.717, 1.165) is 30.2 Å². The molecule has 1 heterocycles. The average molecular weight is 242 g/mol. The molecule has 0 radical (unpaired) electrons. The molecule has 4 heteroatoms. The summed E-state index contributed by atoms with van der Waals surface area (Å²) in [7, 11) is 2.02. The summed E-state index contributed by atoms with van der Waals surface area (Å²) in [6.07, 6.45) is 2.53. The number of hydrogen-bond donors (Lipinski definition) is 1. The molecule has 0 atom stereocenters. The first-order valence-corrected chi connectivity index (χ1v) is 6.05. The second-order valence-corrected chi connectivity index (χ2v) is 4.32. The number of benzene rings is 1. The number of nitrogen functional groups attached to an aromatic ring is 1. The second kappa shape index (κ2) is 5.49. The number of aromatic nitrogens is 2. The minimum Gasteiger partial charge on any atom is -0.399 e. The molecule has 4 nitrogen and oxygen atoms in total. The summed E-state index contributed by atoms with van der Waals surface area (Å²) in [5, 5.41) is 0. The molecule has 0 saturated heterocycles. The highest BCUT2D eigenvalue weighted by atomic mass is 15.2. The van der Waals surface area contributed by atoms with Gasteiger partial charge in [0.2, 0.25) is 0 Å². The second-order valence-electron chi connectivity index (χ2n) is 4.32. The summed E-state index contributed by atoms with van der Waals surface area (Å²) in [4.78, 5) is 10.6. The third kappa shape index (κ3) is 2.97. The minimum atomic E-state index is 0.783. The molecule has 0 fully saturated rings. The average Bonchev–Trinajstić information content (AvgIpc) is 2.39. The lowest BCUT2D eigenvalue weighted by atomic mass is 10.2. The molecule has 0 amide bonds. The van der Waals surface area contributed by atoms with Crippen LogP contribution in [-0.2, 0) is 13.0 Å². The van der Waals surface area contributed by atoms with Crippen LogP contribution in [0.25, 0.3) is 0 Å². The first-order valence-electron chi connectivity index (χ1n) is 6.05. The van der Waals surface area contributed by atoms with Crippen molar-refractivity contribution in [1.29, 1.82) is 0 Å². The molecule has 2 rings (SSSR count). The Morgan fingerprint density at radius 3 is 2.78 bits per heavy atom. The van der Waals surface area contributed by atoms with E-state index in [0.29, 0.717) is 0 Å². The Morgan fingerprint density at radius 2 is 2.06 bits per heavy atom. The summed E-state index contributed by atoms with van der Waals surface area (Å²) in [5.74, 6) is 0.935. The molecule has 0 aliphatic rings. The van der Waals surface area contributed by atoms with E-state index in [1.807, 2.05) is 31.3 Å². The third-order valence-electron chi connectivity index (χ3n) is 2.83. The van der Waals surface area contributed by atoms with Gasteiger partial charge in [0.25, 0.3) is 0 Å². The van der Waals surface area contributed by atoms with Crippen molar-refractivity contribution < 1.29 is 0 Å². The van der Waals surface area contributed by atoms with Gasteiger partial charge in [0.05, 0.1) is 0 Å². The van der Waals surface area contributed by atoms with Crippen LogP contribution in [0.15, 0.2) is 36.7 Å². The minimum absolute atomic E-state index is 0.783. The molecule has 2 N–H and O–H groups in total. The molecule has 94 valence electrons. The summed E-state index contributed by atoms with van der Waals surface area (Å²) >= 11 is 0. The molecule has 0 aliphatic carbocycles. The summed E-state index contributed by atoms with van der Waals surface area (Å²) in [6, 6.07) is 9.93. The molecular weight excluding hydrogens is 224 g/mol. The van der Waals surface area contributed by atoms with Crippen LogP contribution in [-0.4, -0.2) is 17.0 Å². The van der Waals surface area contributed by atoms with Gasteiger partial charge in [0.15, 0.2) is 0 Å². The van der Waals surface area contributed by atoms with Crippen molar-refractivity contribution in [2.45, 2.75) is 19.9 Å². The van der Waals surface area contributed by atoms with Gasteiger partial charge in [-0.05, 0) is 24.1 Å². The lowest BCUT2D eigenvalue weighted by molar-refractivity contribution is 0.878. The van der Waals surface area contributed by atoms with Gasteiger partial charge < -0.3 is 10.6 Å². The van der Waals surface area contributed by atoms with Crippen LogP contribution in [0.2, 0.25) is 0 Å². The number of rotatable bonds is 4. The molecule has 0 unspecified atom stereocenters. The predicted molar refractivity (Wildman–Crippen MR) is 74.4 cm³/mol. The highest BCUT2D eigenvalue weighted by Crippen LogP contribution is 2.14. The van der Waals surface area contributed by atoms with E-state index in [4.69, 9.17) is 5.73 Å². The van der Waals surface area contributed by atoms with Crippen LogP contribution in [0.5, 0.6) is 0 Å². The highest BCUT2D eigenvalue weighted by Gasteiger charge is 2.05. The number of hydrogen-bond acceptors (Lipinski definition) is 4. The van der Waals surface area contributed by atoms with Gasteiger partial charge >= 0.3 is 0 Å². The Bertz CT molecular complexity index is 525. The maximum absolute atomic E-state index is 5.77. The first-order chi connectivity index (χ1) is 8.69. The van der Waals surface area contributed by atoms with Crippen LogP contribution in [0, 0.1) is 0 Å². The van der Waals surface area contributed by atoms with Gasteiger partial charge in [-0.15, -0.1) is 0 Å². The molecule has 2 aromatic rings. The van der Waals surface area contributed by atoms with E-state index in [2.05, 4.69) is 27.9 Å². The number of anilines is 2. The van der Waals surface area contributed by atoms with Crippen molar-refractivity contribution in [3.05, 3.63) is 47.9 Å². The summed E-state index contributed by atoms with van der Waals surface area (Å²) in [6.45, 7) is 2.87. The molecule has 0 aliphatic heterocycles. The quantitative estimate of drug-likeness (QED) is 0.835. The van der Waals surface area contributed by atoms with E-state index in [-0.39, 0.29) is 0 Å². The molecular formula is C14H18N4. The molecule has 0 saturated carbocycles. The van der Waals surface area contributed by atoms with Crippen LogP contribution in [0.1, 0.15) is 18.2 Å². The Kier molecular flexibility index (Phi) is 3.77. The SMILES string of the molecule is CCc1cc(N(C)Cc2cccc(N)c2)ncn1. The maximum Gasteiger partial charge on any atom is 0.132 e. The monoisotopic (exact) mass is 242 g/mol. The Labute approximate surface area is 107 Å². The van der Waals surface area contributed by atoms with Crippen molar-refractivity contribution in [3.63, 3.8) is 0 Å². The van der Waals surface area contributed by atoms with Gasteiger partial charge in [-0.2, -0.15) is 0 Å². The van der Waals surface area contributed by atoms with E-state index in [1.165, 1.54) is 5.56 Å². The van der Waals surface area contributed by atoms with Crippen molar-refractivity contribution >= 4 is 11.5 Å². The van der Waals surface area contributed by atoms with E-state index in [1.54, 1.807) is 6.33 Å². The topological polar surface area (TPSA) is 55.0 Å². The van der Waals surface area contributed by atoms with E-state index in [9.17, 15) is 0 Å². The van der Waals surface area contributed by atoms with Gasteiger partial charge in [-0.25, -0.2) is 9.97 Å². The largest absolute Gasteiger partial charge is 0.399 e. The molecule has 1 aromatic heterocycles. The van der Waals surface area contributed by atoms with Gasteiger partial charge in [0, 0.05) is 31.0 Å². The number of nitrogens with zero attached hydrogens (tertiary/aromatic N) is 3. The van der Waals surface area contributed by atoms with E-state index < -0.39 is 0 Å². The van der Waals surface area contributed by atoms with Crippen molar-refractivity contribution in [3.8, 4) is 0 Å². The zero-order chi connectivity index (χ0) is 13.0. The predicted octanol–water partition coefficient (Wildman–Crippen LogP) is 2.26. The van der Waals surface area contributed by atoms with Crippen LogP contribution < -0.4 is 10.6 Å². The number of aryl methyl sites for hydroxylation is 1. The van der Waals surface area contributed by atoms with E-state index >= 15 is 0 Å². The maximum atomic E-state index is 5.77. The van der Waals surface area contributed by atoms with Crippen LogP contribution >= 0.6 is 0 Å². The zero-order valence-electron chi connectivity index (χ0n) is 10.8. The highest BCUT2D eigenvalue weighted by molar-refractivity contribution is 5.44. The summed E-state index contributed by atoms with van der Waals surface area (Å²) < 4.78 is 0. The van der Waals surface area contributed by atoms with Crippen molar-refractivity contribution in [2.75, 3.05) is 17.7 Å². The first kappa shape index (κ1) is 12.4. The fourth-order valence-corrected chi connectivity index (χ4v) is 1.83. The zero-order valence-corrected chi connectivity index (χ0v) is 10.8. The lowest BCUT2D eigenvalue weighted by Crippen LogP contribution is -2.18. The Morgan fingerprint density at radius 1 is 1.22 bits per heavy atom. The van der Waals surface area contributed by atoms with Gasteiger partial charge in [-0.3, -0.25) is 0 Å². The Balaban J connectivity index is 2.13. The fourth-order valence-electron chi connectivity index (χ4n) is 1.83. The van der Waals surface area contributed by atoms with Crippen molar-refractivity contribution in [2.24, 2.45) is 0 Å². The molecule has 1 aromatic carbocycles. The Hall–Kier alpha value is -2.10. The molecule has 18 heavy (non-hydrogen) atoms. The number of nitrogens with two attached hydrogens (primary N) is 1. The standard InChI is InChI=1S/C14H18N4/c1-3-13-8-14(17-10-16-13)18(2)9-11-5-4-6-12(15)7-11/h4-8,10H,3,9,15H2,1-2H3. The van der Waals surface area contributed by atoms with Gasteiger partial charge in [-0.1, -0.05) is 19.1 Å². The fraction of sp³-hybridized carbons (Fsp3) is 0.286. The van der Waals surface area contributed by atoms with Gasteiger partial charge in [0.1, 0.15) is 12.1 Å². The molecule has 0 spiro atoms.